The standard InChI is InChI=1S/C44H64N4O6/c1-39(49)46(52-36-40-24-12-8-13-25-40)33-21-6-2-4-18-30-43(50)47(53-37-41-26-14-9-15-27-41)34-22-7-3-5-19-31-44(51)48(35-23-11-20-32-45)54-38-42-28-16-10-17-29-42/h8-10,12-17,24-29H,2-7,11,18-23,30-38,45H2,1H3. The number of hydrogen-bond acceptors (Lipinski definition) is 7. The van der Waals surface area contributed by atoms with Gasteiger partial charge in [-0.2, -0.15) is 0 Å². The molecule has 0 aliphatic carbocycles. The maximum Gasteiger partial charge on any atom is 0.246 e. The number of hydrogen-bond donors (Lipinski definition) is 1. The number of unbranched alkanes of at least 4 members (excludes halogenated alkanes) is 10. The molecule has 3 aromatic rings. The van der Waals surface area contributed by atoms with Crippen LogP contribution in [0.25, 0.3) is 0 Å². The minimum atomic E-state index is -0.0980. The van der Waals surface area contributed by atoms with Crippen molar-refractivity contribution in [3.05, 3.63) is 108 Å². The molecule has 10 heteroatoms. The molecule has 0 heterocycles. The Kier molecular flexibility index (Phi) is 23.3. The quantitative estimate of drug-likeness (QED) is 0.0537. The summed E-state index contributed by atoms with van der Waals surface area (Å²) in [7, 11) is 0. The van der Waals surface area contributed by atoms with Gasteiger partial charge in [0.2, 0.25) is 17.7 Å². The van der Waals surface area contributed by atoms with Crippen molar-refractivity contribution < 1.29 is 28.9 Å². The van der Waals surface area contributed by atoms with Crippen LogP contribution in [0.2, 0.25) is 0 Å². The van der Waals surface area contributed by atoms with Crippen molar-refractivity contribution in [3.8, 4) is 0 Å². The van der Waals surface area contributed by atoms with Gasteiger partial charge in [0.1, 0.15) is 19.8 Å². The zero-order valence-corrected chi connectivity index (χ0v) is 32.6. The van der Waals surface area contributed by atoms with E-state index < -0.39 is 0 Å². The Morgan fingerprint density at radius 2 is 0.759 bits per heavy atom. The van der Waals surface area contributed by atoms with Gasteiger partial charge in [0.15, 0.2) is 0 Å². The first-order valence-corrected chi connectivity index (χ1v) is 20.1. The lowest BCUT2D eigenvalue weighted by Crippen LogP contribution is -2.32. The largest absolute Gasteiger partial charge is 0.330 e. The van der Waals surface area contributed by atoms with E-state index in [1.54, 1.807) is 10.1 Å². The Balaban J connectivity index is 1.33. The van der Waals surface area contributed by atoms with Crippen molar-refractivity contribution in [1.82, 2.24) is 15.2 Å². The summed E-state index contributed by atoms with van der Waals surface area (Å²) in [6, 6.07) is 29.6. The maximum absolute atomic E-state index is 13.2. The van der Waals surface area contributed by atoms with Crippen LogP contribution in [0.3, 0.4) is 0 Å². The molecule has 0 saturated carbocycles. The van der Waals surface area contributed by atoms with E-state index >= 15 is 0 Å². The molecule has 0 atom stereocenters. The Morgan fingerprint density at radius 1 is 0.444 bits per heavy atom. The molecule has 0 radical (unpaired) electrons. The summed E-state index contributed by atoms with van der Waals surface area (Å²) in [4.78, 5) is 56.0. The average Bonchev–Trinajstić information content (AvgIpc) is 3.19. The summed E-state index contributed by atoms with van der Waals surface area (Å²) < 4.78 is 0. The van der Waals surface area contributed by atoms with Gasteiger partial charge in [-0.3, -0.25) is 28.9 Å². The number of nitrogens with two attached hydrogens (primary N) is 1. The van der Waals surface area contributed by atoms with Crippen LogP contribution in [0.15, 0.2) is 91.0 Å². The predicted octanol–water partition coefficient (Wildman–Crippen LogP) is 8.70. The van der Waals surface area contributed by atoms with Crippen LogP contribution in [-0.2, 0) is 48.7 Å². The highest BCUT2D eigenvalue weighted by Crippen LogP contribution is 2.15. The van der Waals surface area contributed by atoms with E-state index in [1.165, 1.54) is 12.0 Å². The molecule has 0 aromatic heterocycles. The number of amides is 3. The van der Waals surface area contributed by atoms with Crippen LogP contribution < -0.4 is 5.73 Å². The zero-order valence-electron chi connectivity index (χ0n) is 32.6. The molecular formula is C44H64N4O6. The molecule has 3 aromatic carbocycles. The molecule has 0 spiro atoms. The summed E-state index contributed by atoms with van der Waals surface area (Å²) in [5, 5.41) is 4.54. The number of hydroxylamine groups is 6. The van der Waals surface area contributed by atoms with E-state index in [0.29, 0.717) is 58.8 Å². The number of carbonyl (C=O) groups is 3. The van der Waals surface area contributed by atoms with Gasteiger partial charge in [0.05, 0.1) is 0 Å². The molecule has 3 amide bonds. The van der Waals surface area contributed by atoms with Crippen LogP contribution in [0.1, 0.15) is 120 Å². The molecule has 2 N–H and O–H groups in total. The zero-order chi connectivity index (χ0) is 38.5. The van der Waals surface area contributed by atoms with Crippen LogP contribution in [-0.4, -0.2) is 59.1 Å². The predicted molar refractivity (Wildman–Crippen MR) is 213 cm³/mol. The third-order valence-corrected chi connectivity index (χ3v) is 9.17. The van der Waals surface area contributed by atoms with Crippen molar-refractivity contribution in [1.29, 1.82) is 0 Å². The summed E-state index contributed by atoms with van der Waals surface area (Å²) in [5.41, 5.74) is 8.73. The van der Waals surface area contributed by atoms with Gasteiger partial charge in [0, 0.05) is 39.4 Å². The Labute approximate surface area is 323 Å². The Morgan fingerprint density at radius 3 is 1.13 bits per heavy atom. The van der Waals surface area contributed by atoms with Gasteiger partial charge in [-0.25, -0.2) is 15.2 Å². The smallest absolute Gasteiger partial charge is 0.246 e. The second-order valence-corrected chi connectivity index (χ2v) is 13.8. The first-order valence-electron chi connectivity index (χ1n) is 20.1. The molecule has 0 aliphatic heterocycles. The third-order valence-electron chi connectivity index (χ3n) is 9.17. The van der Waals surface area contributed by atoms with Crippen LogP contribution in [0.5, 0.6) is 0 Å². The van der Waals surface area contributed by atoms with Crippen molar-refractivity contribution in [3.63, 3.8) is 0 Å². The Hall–Kier alpha value is -4.09. The summed E-state index contributed by atoms with van der Waals surface area (Å²) in [6.07, 6.45) is 12.7. The maximum atomic E-state index is 13.2. The normalized spacial score (nSPS) is 11.0. The summed E-state index contributed by atoms with van der Waals surface area (Å²) in [5.74, 6) is -0.0644. The lowest BCUT2D eigenvalue weighted by atomic mass is 10.1. The van der Waals surface area contributed by atoms with Gasteiger partial charge in [-0.15, -0.1) is 0 Å². The lowest BCUT2D eigenvalue weighted by molar-refractivity contribution is -0.192. The molecule has 10 nitrogen and oxygen atoms in total. The fraction of sp³-hybridized carbons (Fsp3) is 0.523. The van der Waals surface area contributed by atoms with Crippen LogP contribution >= 0.6 is 0 Å². The molecule has 0 saturated heterocycles. The highest BCUT2D eigenvalue weighted by molar-refractivity contribution is 5.75. The molecule has 0 fully saturated rings. The second-order valence-electron chi connectivity index (χ2n) is 13.8. The molecular weight excluding hydrogens is 681 g/mol. The van der Waals surface area contributed by atoms with Gasteiger partial charge in [-0.05, 0) is 61.8 Å². The lowest BCUT2D eigenvalue weighted by Gasteiger charge is -2.22. The minimum absolute atomic E-state index is 0.00986. The third kappa shape index (κ3) is 19.8. The Bertz CT molecular complexity index is 1410. The topological polar surface area (TPSA) is 115 Å². The first-order chi connectivity index (χ1) is 26.5. The molecule has 3 rings (SSSR count). The molecule has 0 bridgehead atoms. The number of rotatable bonds is 30. The molecule has 0 unspecified atom stereocenters. The van der Waals surface area contributed by atoms with Crippen LogP contribution in [0.4, 0.5) is 0 Å². The fourth-order valence-corrected chi connectivity index (χ4v) is 5.97. The monoisotopic (exact) mass is 744 g/mol. The van der Waals surface area contributed by atoms with Gasteiger partial charge in [-0.1, -0.05) is 136 Å². The van der Waals surface area contributed by atoms with Crippen molar-refractivity contribution >= 4 is 17.7 Å². The minimum Gasteiger partial charge on any atom is -0.330 e. The highest BCUT2D eigenvalue weighted by Gasteiger charge is 2.16. The average molecular weight is 745 g/mol. The van der Waals surface area contributed by atoms with E-state index in [0.717, 1.165) is 100 Å². The van der Waals surface area contributed by atoms with E-state index in [2.05, 4.69) is 0 Å². The fourth-order valence-electron chi connectivity index (χ4n) is 5.97. The summed E-state index contributed by atoms with van der Waals surface area (Å²) in [6.45, 7) is 4.93. The second kappa shape index (κ2) is 28.4. The SMILES string of the molecule is CC(=O)N(CCCCCCCC(=O)N(CCCCCCCC(=O)N(CCCCCN)OCc1ccccc1)OCc1ccccc1)OCc1ccccc1. The van der Waals surface area contributed by atoms with Crippen molar-refractivity contribution in [2.45, 2.75) is 123 Å². The molecule has 54 heavy (non-hydrogen) atoms. The van der Waals surface area contributed by atoms with E-state index in [9.17, 15) is 14.4 Å². The highest BCUT2D eigenvalue weighted by atomic mass is 16.7. The number of carbonyl (C=O) groups excluding carboxylic acids is 3. The van der Waals surface area contributed by atoms with Crippen molar-refractivity contribution in [2.24, 2.45) is 5.73 Å². The number of nitrogens with zero attached hydrogens (tertiary/aromatic N) is 3. The summed E-state index contributed by atoms with van der Waals surface area (Å²) >= 11 is 0. The van der Waals surface area contributed by atoms with E-state index in [4.69, 9.17) is 20.2 Å². The van der Waals surface area contributed by atoms with E-state index in [1.807, 2.05) is 91.0 Å². The number of benzene rings is 3. The van der Waals surface area contributed by atoms with E-state index in [-0.39, 0.29) is 17.7 Å². The molecule has 0 aliphatic rings. The van der Waals surface area contributed by atoms with Crippen molar-refractivity contribution in [2.75, 3.05) is 26.2 Å². The molecule has 296 valence electrons. The van der Waals surface area contributed by atoms with Gasteiger partial charge in [0.25, 0.3) is 0 Å². The van der Waals surface area contributed by atoms with Gasteiger partial charge >= 0.3 is 0 Å². The van der Waals surface area contributed by atoms with Gasteiger partial charge < -0.3 is 5.73 Å². The first kappa shape index (κ1) is 44.3. The van der Waals surface area contributed by atoms with Crippen LogP contribution in [0, 0.1) is 0 Å².